The number of anilines is 3. The number of hydrogen-bond acceptors (Lipinski definition) is 6. The van der Waals surface area contributed by atoms with Gasteiger partial charge in [0, 0.05) is 17.8 Å². The summed E-state index contributed by atoms with van der Waals surface area (Å²) in [6.07, 6.45) is 3.55. The average Bonchev–Trinajstić information content (AvgIpc) is 2.68. The minimum Gasteiger partial charge on any atom is -0.383 e. The van der Waals surface area contributed by atoms with E-state index in [9.17, 15) is 0 Å². The van der Waals surface area contributed by atoms with Gasteiger partial charge in [0.05, 0.1) is 12.2 Å². The maximum Gasteiger partial charge on any atom is 0.223 e. The highest BCUT2D eigenvalue weighted by atomic mass is 15.1. The molecule has 16 heavy (non-hydrogen) atoms. The Kier molecular flexibility index (Phi) is 2.59. The number of nitrogens with one attached hydrogen (secondary N) is 2. The van der Waals surface area contributed by atoms with E-state index in [1.54, 1.807) is 12.3 Å². The molecule has 0 fully saturated rings. The van der Waals surface area contributed by atoms with Gasteiger partial charge >= 0.3 is 0 Å². The zero-order chi connectivity index (χ0) is 11.5. The number of rotatable bonds is 3. The molecule has 2 aromatic rings. The van der Waals surface area contributed by atoms with Gasteiger partial charge in [-0.1, -0.05) is 0 Å². The smallest absolute Gasteiger partial charge is 0.223 e. The molecule has 0 aromatic carbocycles. The summed E-state index contributed by atoms with van der Waals surface area (Å²) < 4.78 is 0. The van der Waals surface area contributed by atoms with Crippen molar-refractivity contribution in [2.24, 2.45) is 0 Å². The zero-order valence-electron chi connectivity index (χ0n) is 8.81. The van der Waals surface area contributed by atoms with Gasteiger partial charge in [-0.25, -0.2) is 0 Å². The molecule has 0 amide bonds. The van der Waals surface area contributed by atoms with Gasteiger partial charge in [-0.15, -0.1) is 0 Å². The van der Waals surface area contributed by atoms with Crippen molar-refractivity contribution in [3.8, 4) is 0 Å². The van der Waals surface area contributed by atoms with Crippen molar-refractivity contribution in [3.05, 3.63) is 24.0 Å². The maximum atomic E-state index is 5.56. The Labute approximate surface area is 92.3 Å². The molecule has 7 heteroatoms. The standard InChI is InChI=1S/C9H13N7/c1-5(6-3-12-13-4-6)14-8-2-7(10)15-9(11)16-8/h2-5H,1H3,(H,12,13)(H5,10,11,14,15,16). The summed E-state index contributed by atoms with van der Waals surface area (Å²) >= 11 is 0. The topological polar surface area (TPSA) is 119 Å². The first-order valence-electron chi connectivity index (χ1n) is 4.80. The highest BCUT2D eigenvalue weighted by molar-refractivity contribution is 5.49. The normalized spacial score (nSPS) is 12.3. The van der Waals surface area contributed by atoms with E-state index in [0.717, 1.165) is 5.56 Å². The van der Waals surface area contributed by atoms with Crippen molar-refractivity contribution >= 4 is 17.6 Å². The first kappa shape index (κ1) is 10.2. The van der Waals surface area contributed by atoms with E-state index < -0.39 is 0 Å². The van der Waals surface area contributed by atoms with Crippen LogP contribution in [0.15, 0.2) is 18.5 Å². The van der Waals surface area contributed by atoms with Crippen molar-refractivity contribution in [2.75, 3.05) is 16.8 Å². The molecular weight excluding hydrogens is 206 g/mol. The maximum absolute atomic E-state index is 5.56. The lowest BCUT2D eigenvalue weighted by molar-refractivity contribution is 0.874. The highest BCUT2D eigenvalue weighted by Gasteiger charge is 2.08. The molecule has 84 valence electrons. The summed E-state index contributed by atoms with van der Waals surface area (Å²) in [6.45, 7) is 1.99. The third kappa shape index (κ3) is 2.19. The predicted octanol–water partition coefficient (Wildman–Crippen LogP) is 0.537. The van der Waals surface area contributed by atoms with Gasteiger partial charge < -0.3 is 16.8 Å². The summed E-state index contributed by atoms with van der Waals surface area (Å²) in [4.78, 5) is 7.82. The second-order valence-corrected chi connectivity index (χ2v) is 3.43. The van der Waals surface area contributed by atoms with Crippen LogP contribution in [0, 0.1) is 0 Å². The van der Waals surface area contributed by atoms with Crippen LogP contribution in [0.1, 0.15) is 18.5 Å². The van der Waals surface area contributed by atoms with E-state index in [0.29, 0.717) is 11.6 Å². The largest absolute Gasteiger partial charge is 0.383 e. The Bertz CT molecular complexity index is 444. The van der Waals surface area contributed by atoms with Gasteiger partial charge in [0.25, 0.3) is 0 Å². The van der Waals surface area contributed by atoms with Gasteiger partial charge in [-0.3, -0.25) is 5.10 Å². The third-order valence-electron chi connectivity index (χ3n) is 2.15. The number of aromatic amines is 1. The number of nitrogens with two attached hydrogens (primary N) is 2. The van der Waals surface area contributed by atoms with Gasteiger partial charge in [0.1, 0.15) is 11.6 Å². The van der Waals surface area contributed by atoms with Crippen LogP contribution in [0.3, 0.4) is 0 Å². The Hall–Kier alpha value is -2.31. The van der Waals surface area contributed by atoms with E-state index in [1.807, 2.05) is 13.1 Å². The number of nitrogen functional groups attached to an aromatic ring is 2. The van der Waals surface area contributed by atoms with Crippen LogP contribution in [0.25, 0.3) is 0 Å². The van der Waals surface area contributed by atoms with Gasteiger partial charge in [0.2, 0.25) is 5.95 Å². The molecule has 0 radical (unpaired) electrons. The number of H-pyrrole nitrogens is 1. The second-order valence-electron chi connectivity index (χ2n) is 3.43. The predicted molar refractivity (Wildman–Crippen MR) is 61.5 cm³/mol. The molecule has 0 aliphatic carbocycles. The third-order valence-corrected chi connectivity index (χ3v) is 2.15. The monoisotopic (exact) mass is 219 g/mol. The van der Waals surface area contributed by atoms with Crippen molar-refractivity contribution in [3.63, 3.8) is 0 Å². The first-order chi connectivity index (χ1) is 7.65. The van der Waals surface area contributed by atoms with Crippen LogP contribution in [-0.2, 0) is 0 Å². The number of aromatic nitrogens is 4. The minimum atomic E-state index is 0.0625. The van der Waals surface area contributed by atoms with Crippen LogP contribution < -0.4 is 16.8 Å². The quantitative estimate of drug-likeness (QED) is 0.598. The molecule has 2 heterocycles. The molecule has 2 rings (SSSR count). The van der Waals surface area contributed by atoms with E-state index in [1.165, 1.54) is 0 Å². The molecule has 2 aromatic heterocycles. The van der Waals surface area contributed by atoms with Crippen molar-refractivity contribution in [2.45, 2.75) is 13.0 Å². The number of hydrogen-bond donors (Lipinski definition) is 4. The Balaban J connectivity index is 2.15. The lowest BCUT2D eigenvalue weighted by Gasteiger charge is -2.12. The van der Waals surface area contributed by atoms with Crippen LogP contribution in [-0.4, -0.2) is 20.2 Å². The SMILES string of the molecule is CC(Nc1cc(N)nc(N)n1)c1cn[nH]c1. The molecule has 0 spiro atoms. The summed E-state index contributed by atoms with van der Waals surface area (Å²) in [5.74, 6) is 1.09. The summed E-state index contributed by atoms with van der Waals surface area (Å²) in [7, 11) is 0. The lowest BCUT2D eigenvalue weighted by atomic mass is 10.2. The highest BCUT2D eigenvalue weighted by Crippen LogP contribution is 2.17. The summed E-state index contributed by atoms with van der Waals surface area (Å²) in [6, 6.07) is 1.69. The van der Waals surface area contributed by atoms with Crippen molar-refractivity contribution in [1.29, 1.82) is 0 Å². The van der Waals surface area contributed by atoms with Crippen LogP contribution in [0.2, 0.25) is 0 Å². The molecule has 0 aliphatic rings. The van der Waals surface area contributed by atoms with Gasteiger partial charge in [-0.2, -0.15) is 15.1 Å². The molecule has 0 saturated heterocycles. The van der Waals surface area contributed by atoms with E-state index in [4.69, 9.17) is 11.5 Å². The fourth-order valence-electron chi connectivity index (χ4n) is 1.36. The van der Waals surface area contributed by atoms with Crippen LogP contribution >= 0.6 is 0 Å². The first-order valence-corrected chi connectivity index (χ1v) is 4.80. The van der Waals surface area contributed by atoms with E-state index in [-0.39, 0.29) is 12.0 Å². The number of nitrogens with zero attached hydrogens (tertiary/aromatic N) is 3. The zero-order valence-corrected chi connectivity index (χ0v) is 8.81. The molecule has 1 atom stereocenters. The van der Waals surface area contributed by atoms with E-state index >= 15 is 0 Å². The molecule has 0 bridgehead atoms. The van der Waals surface area contributed by atoms with Gasteiger partial charge in [-0.05, 0) is 6.92 Å². The van der Waals surface area contributed by atoms with Crippen LogP contribution in [0.4, 0.5) is 17.6 Å². The summed E-state index contributed by atoms with van der Waals surface area (Å²) in [5.41, 5.74) is 12.1. The fourth-order valence-corrected chi connectivity index (χ4v) is 1.36. The molecular formula is C9H13N7. The molecule has 6 N–H and O–H groups in total. The van der Waals surface area contributed by atoms with E-state index in [2.05, 4.69) is 25.5 Å². The molecule has 1 unspecified atom stereocenters. The lowest BCUT2D eigenvalue weighted by Crippen LogP contribution is -2.09. The van der Waals surface area contributed by atoms with Crippen LogP contribution in [0.5, 0.6) is 0 Å². The fraction of sp³-hybridized carbons (Fsp3) is 0.222. The Morgan fingerprint density at radius 2 is 2.19 bits per heavy atom. The van der Waals surface area contributed by atoms with Crippen molar-refractivity contribution in [1.82, 2.24) is 20.2 Å². The molecule has 7 nitrogen and oxygen atoms in total. The molecule has 0 saturated carbocycles. The average molecular weight is 219 g/mol. The minimum absolute atomic E-state index is 0.0625. The Morgan fingerprint density at radius 3 is 2.81 bits per heavy atom. The van der Waals surface area contributed by atoms with Crippen molar-refractivity contribution < 1.29 is 0 Å². The summed E-state index contributed by atoms with van der Waals surface area (Å²) in [5, 5.41) is 9.77. The Morgan fingerprint density at radius 1 is 1.38 bits per heavy atom. The molecule has 0 aliphatic heterocycles. The van der Waals surface area contributed by atoms with Gasteiger partial charge in [0.15, 0.2) is 0 Å². The second kappa shape index (κ2) is 4.05.